The zero-order valence-electron chi connectivity index (χ0n) is 10.5. The van der Waals surface area contributed by atoms with Gasteiger partial charge < -0.3 is 10.5 Å². The van der Waals surface area contributed by atoms with E-state index in [0.717, 1.165) is 6.07 Å². The molecule has 7 nitrogen and oxygen atoms in total. The number of carbonyl (C=O) groups is 1. The van der Waals surface area contributed by atoms with Crippen LogP contribution >= 0.6 is 0 Å². The fourth-order valence-corrected chi connectivity index (χ4v) is 1.50. The summed E-state index contributed by atoms with van der Waals surface area (Å²) in [6.45, 7) is 1.72. The first-order valence-corrected chi connectivity index (χ1v) is 5.73. The van der Waals surface area contributed by atoms with E-state index >= 15 is 0 Å². The summed E-state index contributed by atoms with van der Waals surface area (Å²) >= 11 is 0. The summed E-state index contributed by atoms with van der Waals surface area (Å²) in [5, 5.41) is 3.68. The molecule has 0 unspecified atom stereocenters. The van der Waals surface area contributed by atoms with Gasteiger partial charge in [-0.1, -0.05) is 12.1 Å². The van der Waals surface area contributed by atoms with Crippen LogP contribution in [0.25, 0.3) is 5.69 Å². The van der Waals surface area contributed by atoms with Gasteiger partial charge in [-0.15, -0.1) is 5.10 Å². The van der Waals surface area contributed by atoms with Crippen LogP contribution in [0.4, 0.5) is 10.2 Å². The smallest absolute Gasteiger partial charge is 0.378 e. The Labute approximate surface area is 112 Å². The van der Waals surface area contributed by atoms with E-state index in [1.54, 1.807) is 6.92 Å². The van der Waals surface area contributed by atoms with E-state index in [-0.39, 0.29) is 12.3 Å². The Morgan fingerprint density at radius 3 is 2.80 bits per heavy atom. The highest BCUT2D eigenvalue weighted by Crippen LogP contribution is 2.10. The van der Waals surface area contributed by atoms with Crippen LogP contribution in [0.1, 0.15) is 17.5 Å². The van der Waals surface area contributed by atoms with Gasteiger partial charge in [0.2, 0.25) is 0 Å². The third-order valence-electron chi connectivity index (χ3n) is 2.37. The van der Waals surface area contributed by atoms with E-state index < -0.39 is 29.0 Å². The van der Waals surface area contributed by atoms with Gasteiger partial charge in [0.05, 0.1) is 6.61 Å². The average Bonchev–Trinajstić information content (AvgIpc) is 2.43. The molecule has 0 atom stereocenters. The zero-order valence-corrected chi connectivity index (χ0v) is 10.5. The second-order valence-corrected chi connectivity index (χ2v) is 3.71. The Kier molecular flexibility index (Phi) is 3.74. The molecule has 0 aliphatic carbocycles. The molecule has 0 bridgehead atoms. The average molecular weight is 278 g/mol. The van der Waals surface area contributed by atoms with Crippen molar-refractivity contribution in [1.82, 2.24) is 14.8 Å². The van der Waals surface area contributed by atoms with Gasteiger partial charge in [-0.2, -0.15) is 9.67 Å². The summed E-state index contributed by atoms with van der Waals surface area (Å²) < 4.78 is 19.1. The van der Waals surface area contributed by atoms with Gasteiger partial charge >= 0.3 is 11.5 Å². The van der Waals surface area contributed by atoms with Crippen molar-refractivity contribution in [1.29, 1.82) is 0 Å². The molecule has 0 amide bonds. The topological polar surface area (TPSA) is 100 Å². The number of benzene rings is 1. The number of anilines is 1. The molecule has 1 aromatic carbocycles. The van der Waals surface area contributed by atoms with Crippen LogP contribution < -0.4 is 11.3 Å². The minimum absolute atomic E-state index is 0.112. The number of rotatable bonds is 3. The van der Waals surface area contributed by atoms with Crippen LogP contribution in [0.15, 0.2) is 29.1 Å². The zero-order chi connectivity index (χ0) is 14.7. The number of para-hydroxylation sites is 1. The van der Waals surface area contributed by atoms with Crippen molar-refractivity contribution >= 4 is 11.8 Å². The molecule has 0 aliphatic heterocycles. The molecule has 2 N–H and O–H groups in total. The molecule has 1 aromatic heterocycles. The third kappa shape index (κ3) is 2.48. The fraction of sp³-hybridized carbons (Fsp3) is 0.167. The van der Waals surface area contributed by atoms with E-state index in [1.807, 2.05) is 0 Å². The SMILES string of the molecule is CCOC(=O)c1nc(N)c(=O)n(-c2ccccc2F)n1. The number of halogens is 1. The molecule has 8 heteroatoms. The molecule has 104 valence electrons. The van der Waals surface area contributed by atoms with Crippen LogP contribution in [0.5, 0.6) is 0 Å². The number of hydrogen-bond acceptors (Lipinski definition) is 6. The van der Waals surface area contributed by atoms with Crippen LogP contribution in [-0.2, 0) is 4.74 Å². The van der Waals surface area contributed by atoms with E-state index in [2.05, 4.69) is 10.1 Å². The maximum atomic E-state index is 13.7. The summed E-state index contributed by atoms with van der Waals surface area (Å²) in [5.74, 6) is -2.40. The van der Waals surface area contributed by atoms with Crippen LogP contribution in [0.3, 0.4) is 0 Å². The van der Waals surface area contributed by atoms with Gasteiger partial charge in [0.25, 0.3) is 5.82 Å². The van der Waals surface area contributed by atoms with Crippen molar-refractivity contribution in [2.24, 2.45) is 0 Å². The van der Waals surface area contributed by atoms with Crippen molar-refractivity contribution in [3.63, 3.8) is 0 Å². The number of ether oxygens (including phenoxy) is 1. The van der Waals surface area contributed by atoms with Gasteiger partial charge in [0.15, 0.2) is 5.82 Å². The first-order chi connectivity index (χ1) is 9.54. The van der Waals surface area contributed by atoms with Gasteiger partial charge in [-0.25, -0.2) is 9.18 Å². The summed E-state index contributed by atoms with van der Waals surface area (Å²) in [5.41, 5.74) is 4.48. The number of esters is 1. The lowest BCUT2D eigenvalue weighted by Crippen LogP contribution is -2.29. The Balaban J connectivity index is 2.62. The number of nitrogen functional groups attached to an aromatic ring is 1. The van der Waals surface area contributed by atoms with E-state index in [9.17, 15) is 14.0 Å². The summed E-state index contributed by atoms with van der Waals surface area (Å²) in [7, 11) is 0. The molecule has 0 radical (unpaired) electrons. The molecule has 0 saturated heterocycles. The Morgan fingerprint density at radius 1 is 1.45 bits per heavy atom. The highest BCUT2D eigenvalue weighted by Gasteiger charge is 2.17. The minimum atomic E-state index is -0.843. The second-order valence-electron chi connectivity index (χ2n) is 3.71. The van der Waals surface area contributed by atoms with Crippen molar-refractivity contribution < 1.29 is 13.9 Å². The molecule has 1 heterocycles. The van der Waals surface area contributed by atoms with Crippen molar-refractivity contribution in [2.75, 3.05) is 12.3 Å². The van der Waals surface area contributed by atoms with E-state index in [1.165, 1.54) is 18.2 Å². The maximum Gasteiger partial charge on any atom is 0.378 e. The Bertz CT molecular complexity index is 714. The number of carbonyl (C=O) groups excluding carboxylic acids is 1. The molecule has 2 aromatic rings. The van der Waals surface area contributed by atoms with Crippen molar-refractivity contribution in [3.05, 3.63) is 46.3 Å². The van der Waals surface area contributed by atoms with Crippen LogP contribution in [-0.4, -0.2) is 27.3 Å². The van der Waals surface area contributed by atoms with Crippen molar-refractivity contribution in [2.45, 2.75) is 6.92 Å². The third-order valence-corrected chi connectivity index (χ3v) is 2.37. The highest BCUT2D eigenvalue weighted by atomic mass is 19.1. The highest BCUT2D eigenvalue weighted by molar-refractivity contribution is 5.85. The van der Waals surface area contributed by atoms with Crippen LogP contribution in [0.2, 0.25) is 0 Å². The van der Waals surface area contributed by atoms with Gasteiger partial charge in [-0.3, -0.25) is 4.79 Å². The Morgan fingerprint density at radius 2 is 2.15 bits per heavy atom. The number of nitrogens with two attached hydrogens (primary N) is 1. The number of nitrogens with zero attached hydrogens (tertiary/aromatic N) is 3. The molecule has 2 rings (SSSR count). The predicted molar refractivity (Wildman–Crippen MR) is 68.0 cm³/mol. The monoisotopic (exact) mass is 278 g/mol. The molecule has 0 aliphatic rings. The maximum absolute atomic E-state index is 13.7. The standard InChI is InChI=1S/C12H11FN4O3/c1-2-20-12(19)10-15-9(14)11(18)17(16-10)8-6-4-3-5-7(8)13/h3-6H,2H2,1H3,(H2,14,15,16). The van der Waals surface area contributed by atoms with Gasteiger partial charge in [0.1, 0.15) is 11.5 Å². The second kappa shape index (κ2) is 5.47. The summed E-state index contributed by atoms with van der Waals surface area (Å²) in [6, 6.07) is 5.47. The Hall–Kier alpha value is -2.77. The lowest BCUT2D eigenvalue weighted by molar-refractivity contribution is 0.0509. The minimum Gasteiger partial charge on any atom is -0.460 e. The summed E-state index contributed by atoms with van der Waals surface area (Å²) in [4.78, 5) is 27.0. The quantitative estimate of drug-likeness (QED) is 0.822. The first kappa shape index (κ1) is 13.7. The normalized spacial score (nSPS) is 10.3. The lowest BCUT2D eigenvalue weighted by atomic mass is 10.3. The summed E-state index contributed by atoms with van der Waals surface area (Å²) in [6.07, 6.45) is 0. The molecular formula is C12H11FN4O3. The number of hydrogen-bond donors (Lipinski definition) is 1. The number of aromatic nitrogens is 3. The fourth-order valence-electron chi connectivity index (χ4n) is 1.50. The van der Waals surface area contributed by atoms with Gasteiger partial charge in [0, 0.05) is 0 Å². The molecule has 0 spiro atoms. The van der Waals surface area contributed by atoms with E-state index in [4.69, 9.17) is 10.5 Å². The molecule has 0 saturated carbocycles. The van der Waals surface area contributed by atoms with Gasteiger partial charge in [-0.05, 0) is 19.1 Å². The van der Waals surface area contributed by atoms with E-state index in [0.29, 0.717) is 4.68 Å². The first-order valence-electron chi connectivity index (χ1n) is 5.73. The van der Waals surface area contributed by atoms with Crippen LogP contribution in [0, 0.1) is 5.82 Å². The molecule has 0 fully saturated rings. The molecular weight excluding hydrogens is 267 g/mol. The lowest BCUT2D eigenvalue weighted by Gasteiger charge is -2.08. The predicted octanol–water partition coefficient (Wildman–Crippen LogP) is 0.526. The molecule has 20 heavy (non-hydrogen) atoms. The van der Waals surface area contributed by atoms with Crippen molar-refractivity contribution in [3.8, 4) is 5.69 Å². The largest absolute Gasteiger partial charge is 0.460 e.